The van der Waals surface area contributed by atoms with Crippen molar-refractivity contribution in [3.63, 3.8) is 0 Å². The first-order chi connectivity index (χ1) is 6.63. The third kappa shape index (κ3) is 2.92. The number of nitrogens with two attached hydrogens (primary N) is 1. The van der Waals surface area contributed by atoms with Gasteiger partial charge in [0.25, 0.3) is 0 Å². The van der Waals surface area contributed by atoms with Crippen molar-refractivity contribution in [2.75, 3.05) is 24.8 Å². The highest BCUT2D eigenvalue weighted by atomic mass is 16.5. The first-order valence-electron chi connectivity index (χ1n) is 4.75. The van der Waals surface area contributed by atoms with Crippen LogP contribution in [0.3, 0.4) is 0 Å². The van der Waals surface area contributed by atoms with Crippen molar-refractivity contribution in [3.05, 3.63) is 23.8 Å². The molecule has 1 rings (SSSR count). The molecule has 0 heterocycles. The zero-order valence-electron chi connectivity index (χ0n) is 9.00. The average molecular weight is 194 g/mol. The second-order valence-electron chi connectivity index (χ2n) is 3.57. The summed E-state index contributed by atoms with van der Waals surface area (Å²) in [5, 5.41) is 3.33. The van der Waals surface area contributed by atoms with Crippen LogP contribution in [0, 0.1) is 6.92 Å². The molecule has 0 radical (unpaired) electrons. The smallest absolute Gasteiger partial charge is 0.0661 e. The molecule has 14 heavy (non-hydrogen) atoms. The van der Waals surface area contributed by atoms with Crippen LogP contribution in [0.4, 0.5) is 11.4 Å². The zero-order valence-corrected chi connectivity index (χ0v) is 9.00. The fraction of sp³-hybridized carbons (Fsp3) is 0.455. The van der Waals surface area contributed by atoms with Crippen LogP contribution in [0.2, 0.25) is 0 Å². The molecular formula is C11H18N2O. The van der Waals surface area contributed by atoms with E-state index in [0.29, 0.717) is 12.6 Å². The molecule has 0 saturated carbocycles. The summed E-state index contributed by atoms with van der Waals surface area (Å²) >= 11 is 0. The van der Waals surface area contributed by atoms with Crippen molar-refractivity contribution in [1.82, 2.24) is 0 Å². The number of rotatable bonds is 4. The Balaban J connectivity index is 2.63. The summed E-state index contributed by atoms with van der Waals surface area (Å²) in [5.41, 5.74) is 8.74. The molecule has 3 nitrogen and oxygen atoms in total. The van der Waals surface area contributed by atoms with E-state index < -0.39 is 0 Å². The molecule has 1 unspecified atom stereocenters. The van der Waals surface area contributed by atoms with Gasteiger partial charge >= 0.3 is 0 Å². The maximum Gasteiger partial charge on any atom is 0.0661 e. The van der Waals surface area contributed by atoms with E-state index in [1.165, 1.54) is 0 Å². The minimum atomic E-state index is 0.308. The standard InChI is InChI=1S/C11H18N2O/c1-8-6-10(4-5-11(8)12)13-9(2)7-14-3/h4-6,9,13H,7,12H2,1-3H3. The number of nitrogens with one attached hydrogen (secondary N) is 1. The highest BCUT2D eigenvalue weighted by Gasteiger charge is 2.01. The van der Waals surface area contributed by atoms with E-state index in [1.807, 2.05) is 25.1 Å². The minimum absolute atomic E-state index is 0.308. The van der Waals surface area contributed by atoms with Gasteiger partial charge in [0, 0.05) is 24.5 Å². The van der Waals surface area contributed by atoms with Crippen LogP contribution >= 0.6 is 0 Å². The number of benzene rings is 1. The molecule has 3 N–H and O–H groups in total. The molecule has 0 fully saturated rings. The summed E-state index contributed by atoms with van der Waals surface area (Å²) in [5.74, 6) is 0. The second-order valence-corrected chi connectivity index (χ2v) is 3.57. The fourth-order valence-corrected chi connectivity index (χ4v) is 1.34. The van der Waals surface area contributed by atoms with Gasteiger partial charge < -0.3 is 15.8 Å². The van der Waals surface area contributed by atoms with E-state index in [2.05, 4.69) is 12.2 Å². The van der Waals surface area contributed by atoms with Crippen LogP contribution in [0.15, 0.2) is 18.2 Å². The lowest BCUT2D eigenvalue weighted by Gasteiger charge is -2.14. The lowest BCUT2D eigenvalue weighted by molar-refractivity contribution is 0.190. The summed E-state index contributed by atoms with van der Waals surface area (Å²) in [7, 11) is 1.70. The highest BCUT2D eigenvalue weighted by Crippen LogP contribution is 2.17. The summed E-state index contributed by atoms with van der Waals surface area (Å²) in [4.78, 5) is 0. The summed E-state index contributed by atoms with van der Waals surface area (Å²) in [6, 6.07) is 6.25. The summed E-state index contributed by atoms with van der Waals surface area (Å²) in [6.45, 7) is 4.78. The molecule has 0 aliphatic heterocycles. The summed E-state index contributed by atoms with van der Waals surface area (Å²) < 4.78 is 5.04. The predicted molar refractivity (Wildman–Crippen MR) is 60.6 cm³/mol. The van der Waals surface area contributed by atoms with Gasteiger partial charge in [-0.25, -0.2) is 0 Å². The highest BCUT2D eigenvalue weighted by molar-refractivity contribution is 5.56. The molecule has 1 aromatic carbocycles. The zero-order chi connectivity index (χ0) is 10.6. The van der Waals surface area contributed by atoms with Crippen LogP contribution in [-0.2, 0) is 4.74 Å². The predicted octanol–water partition coefficient (Wildman–Crippen LogP) is 2.02. The molecule has 0 spiro atoms. The molecule has 3 heteroatoms. The van der Waals surface area contributed by atoms with E-state index >= 15 is 0 Å². The van der Waals surface area contributed by atoms with E-state index in [1.54, 1.807) is 7.11 Å². The number of methoxy groups -OCH3 is 1. The van der Waals surface area contributed by atoms with Gasteiger partial charge in [-0.1, -0.05) is 0 Å². The van der Waals surface area contributed by atoms with Crippen molar-refractivity contribution in [2.24, 2.45) is 0 Å². The molecule has 1 atom stereocenters. The van der Waals surface area contributed by atoms with E-state index in [9.17, 15) is 0 Å². The van der Waals surface area contributed by atoms with Crippen molar-refractivity contribution in [3.8, 4) is 0 Å². The van der Waals surface area contributed by atoms with Crippen molar-refractivity contribution >= 4 is 11.4 Å². The molecule has 78 valence electrons. The van der Waals surface area contributed by atoms with Gasteiger partial charge in [0.05, 0.1) is 6.61 Å². The van der Waals surface area contributed by atoms with Gasteiger partial charge in [0.2, 0.25) is 0 Å². The van der Waals surface area contributed by atoms with Crippen LogP contribution < -0.4 is 11.1 Å². The minimum Gasteiger partial charge on any atom is -0.399 e. The van der Waals surface area contributed by atoms with E-state index in [0.717, 1.165) is 16.9 Å². The maximum absolute atomic E-state index is 5.73. The number of nitrogen functional groups attached to an aromatic ring is 1. The van der Waals surface area contributed by atoms with E-state index in [-0.39, 0.29) is 0 Å². The van der Waals surface area contributed by atoms with Crippen molar-refractivity contribution in [2.45, 2.75) is 19.9 Å². The van der Waals surface area contributed by atoms with Gasteiger partial charge in [-0.15, -0.1) is 0 Å². The second kappa shape index (κ2) is 4.86. The first-order valence-corrected chi connectivity index (χ1v) is 4.75. The van der Waals surface area contributed by atoms with Gasteiger partial charge in [0.1, 0.15) is 0 Å². The van der Waals surface area contributed by atoms with Gasteiger partial charge in [-0.05, 0) is 37.6 Å². The lowest BCUT2D eigenvalue weighted by atomic mass is 10.2. The summed E-state index contributed by atoms with van der Waals surface area (Å²) in [6.07, 6.45) is 0. The third-order valence-electron chi connectivity index (χ3n) is 2.10. The Labute approximate surface area is 85.3 Å². The Morgan fingerprint density at radius 3 is 2.79 bits per heavy atom. The molecule has 0 aliphatic carbocycles. The fourth-order valence-electron chi connectivity index (χ4n) is 1.34. The first kappa shape index (κ1) is 10.9. The number of hydrogen-bond donors (Lipinski definition) is 2. The Morgan fingerprint density at radius 2 is 2.21 bits per heavy atom. The van der Waals surface area contributed by atoms with Crippen LogP contribution in [0.25, 0.3) is 0 Å². The van der Waals surface area contributed by atoms with Crippen LogP contribution in [0.1, 0.15) is 12.5 Å². The normalized spacial score (nSPS) is 12.5. The SMILES string of the molecule is COCC(C)Nc1ccc(N)c(C)c1. The molecule has 0 bridgehead atoms. The molecule has 0 aromatic heterocycles. The van der Waals surface area contributed by atoms with Crippen molar-refractivity contribution < 1.29 is 4.74 Å². The Bertz CT molecular complexity index is 299. The molecule has 1 aromatic rings. The maximum atomic E-state index is 5.73. The Kier molecular flexibility index (Phi) is 3.77. The number of anilines is 2. The largest absolute Gasteiger partial charge is 0.399 e. The number of ether oxygens (including phenoxy) is 1. The van der Waals surface area contributed by atoms with Gasteiger partial charge in [0.15, 0.2) is 0 Å². The molecule has 0 amide bonds. The number of hydrogen-bond acceptors (Lipinski definition) is 3. The molecular weight excluding hydrogens is 176 g/mol. The topological polar surface area (TPSA) is 47.3 Å². The van der Waals surface area contributed by atoms with Crippen LogP contribution in [0.5, 0.6) is 0 Å². The van der Waals surface area contributed by atoms with Crippen molar-refractivity contribution in [1.29, 1.82) is 0 Å². The molecule has 0 saturated heterocycles. The van der Waals surface area contributed by atoms with Gasteiger partial charge in [-0.3, -0.25) is 0 Å². The lowest BCUT2D eigenvalue weighted by Crippen LogP contribution is -2.20. The Hall–Kier alpha value is -1.22. The quantitative estimate of drug-likeness (QED) is 0.721. The monoisotopic (exact) mass is 194 g/mol. The van der Waals surface area contributed by atoms with Gasteiger partial charge in [-0.2, -0.15) is 0 Å². The Morgan fingerprint density at radius 1 is 1.50 bits per heavy atom. The molecule has 0 aliphatic rings. The van der Waals surface area contributed by atoms with E-state index in [4.69, 9.17) is 10.5 Å². The number of aryl methyl sites for hydroxylation is 1. The average Bonchev–Trinajstić information content (AvgIpc) is 2.12. The third-order valence-corrected chi connectivity index (χ3v) is 2.10. The van der Waals surface area contributed by atoms with Crippen LogP contribution in [-0.4, -0.2) is 19.8 Å².